The van der Waals surface area contributed by atoms with Crippen molar-refractivity contribution < 1.29 is 18.7 Å². The molecule has 1 unspecified atom stereocenters. The normalized spacial score (nSPS) is 16.7. The molecule has 1 aromatic carbocycles. The van der Waals surface area contributed by atoms with Gasteiger partial charge in [0.05, 0.1) is 30.7 Å². The number of ether oxygens (including phenoxy) is 1. The summed E-state index contributed by atoms with van der Waals surface area (Å²) in [7, 11) is 1.89. The van der Waals surface area contributed by atoms with Crippen molar-refractivity contribution in [1.29, 1.82) is 0 Å². The van der Waals surface area contributed by atoms with Crippen molar-refractivity contribution in [3.8, 4) is 0 Å². The molecule has 0 bridgehead atoms. The van der Waals surface area contributed by atoms with E-state index in [1.54, 1.807) is 19.1 Å². The van der Waals surface area contributed by atoms with Crippen LogP contribution < -0.4 is 15.5 Å². The highest BCUT2D eigenvalue weighted by Gasteiger charge is 2.35. The van der Waals surface area contributed by atoms with E-state index in [1.807, 2.05) is 42.3 Å². The minimum atomic E-state index is -0.697. The number of benzene rings is 1. The van der Waals surface area contributed by atoms with Gasteiger partial charge in [-0.25, -0.2) is 9.59 Å². The lowest BCUT2D eigenvalue weighted by molar-refractivity contribution is -0.139. The van der Waals surface area contributed by atoms with Crippen LogP contribution in [0.1, 0.15) is 18.7 Å². The molecule has 2 heterocycles. The molecule has 7 heteroatoms. The summed E-state index contributed by atoms with van der Waals surface area (Å²) in [5.74, 6) is -0.0133. The monoisotopic (exact) mass is 355 g/mol. The number of hydrogen-bond donors (Lipinski definition) is 2. The predicted molar refractivity (Wildman–Crippen MR) is 96.5 cm³/mol. The highest BCUT2D eigenvalue weighted by atomic mass is 16.5. The molecule has 0 aliphatic carbocycles. The van der Waals surface area contributed by atoms with Crippen LogP contribution in [-0.2, 0) is 9.53 Å². The molecule has 2 amide bonds. The van der Waals surface area contributed by atoms with Crippen molar-refractivity contribution in [2.24, 2.45) is 0 Å². The van der Waals surface area contributed by atoms with Gasteiger partial charge in [-0.1, -0.05) is 18.2 Å². The predicted octanol–water partition coefficient (Wildman–Crippen LogP) is 2.59. The Morgan fingerprint density at radius 1 is 1.23 bits per heavy atom. The highest BCUT2D eigenvalue weighted by molar-refractivity contribution is 5.95. The van der Waals surface area contributed by atoms with Crippen molar-refractivity contribution in [1.82, 2.24) is 10.6 Å². The number of anilines is 1. The number of likely N-dealkylation sites (N-methyl/N-ethyl adjacent to an activating group) is 1. The molecule has 0 radical (unpaired) electrons. The minimum absolute atomic E-state index is 0.239. The van der Waals surface area contributed by atoms with E-state index in [-0.39, 0.29) is 6.61 Å². The molecule has 7 nitrogen and oxygen atoms in total. The van der Waals surface area contributed by atoms with Crippen LogP contribution in [0.2, 0.25) is 0 Å². The third-order valence-corrected chi connectivity index (χ3v) is 4.07. The average Bonchev–Trinajstić information content (AvgIpc) is 3.16. The van der Waals surface area contributed by atoms with Gasteiger partial charge in [-0.15, -0.1) is 0 Å². The molecule has 1 aliphatic heterocycles. The van der Waals surface area contributed by atoms with Crippen LogP contribution >= 0.6 is 0 Å². The van der Waals surface area contributed by atoms with Crippen LogP contribution in [0.25, 0.3) is 0 Å². The second-order valence-corrected chi connectivity index (χ2v) is 5.85. The number of nitrogens with one attached hydrogen (secondary N) is 2. The summed E-state index contributed by atoms with van der Waals surface area (Å²) in [6.07, 6.45) is 1.50. The van der Waals surface area contributed by atoms with Crippen LogP contribution in [0.5, 0.6) is 0 Å². The van der Waals surface area contributed by atoms with Crippen LogP contribution in [0.4, 0.5) is 10.5 Å². The van der Waals surface area contributed by atoms with Crippen LogP contribution in [-0.4, -0.2) is 32.2 Å². The summed E-state index contributed by atoms with van der Waals surface area (Å²) in [4.78, 5) is 26.7. The van der Waals surface area contributed by atoms with Crippen molar-refractivity contribution >= 4 is 17.7 Å². The number of furan rings is 1. The van der Waals surface area contributed by atoms with E-state index in [9.17, 15) is 9.59 Å². The minimum Gasteiger partial charge on any atom is -0.467 e. The molecule has 2 aromatic rings. The molecule has 0 fully saturated rings. The number of amides is 2. The fraction of sp³-hybridized carbons (Fsp3) is 0.263. The summed E-state index contributed by atoms with van der Waals surface area (Å²) in [6, 6.07) is 12.0. The van der Waals surface area contributed by atoms with E-state index in [0.29, 0.717) is 23.6 Å². The standard InChI is InChI=1S/C19H21N3O4/c1-3-25-18(23)16-14(12-22(2)13-8-5-4-6-9-13)20-19(24)21-17(16)15-10-7-11-26-15/h4-11,17H,3,12H2,1-2H3,(H2,20,21,24). The SMILES string of the molecule is CCOC(=O)C1=C(CN(C)c2ccccc2)NC(=O)NC1c1ccco1. The Kier molecular flexibility index (Phi) is 5.26. The fourth-order valence-corrected chi connectivity index (χ4v) is 2.87. The van der Waals surface area contributed by atoms with E-state index in [4.69, 9.17) is 9.15 Å². The Balaban J connectivity index is 1.98. The lowest BCUT2D eigenvalue weighted by Gasteiger charge is -2.30. The quantitative estimate of drug-likeness (QED) is 0.778. The molecule has 1 aromatic heterocycles. The van der Waals surface area contributed by atoms with Crippen molar-refractivity contribution in [3.63, 3.8) is 0 Å². The number of nitrogens with zero attached hydrogens (tertiary/aromatic N) is 1. The van der Waals surface area contributed by atoms with Crippen LogP contribution in [0.3, 0.4) is 0 Å². The summed E-state index contributed by atoms with van der Waals surface area (Å²) in [5.41, 5.74) is 1.79. The molecule has 26 heavy (non-hydrogen) atoms. The number of esters is 1. The molecule has 0 spiro atoms. The highest BCUT2D eigenvalue weighted by Crippen LogP contribution is 2.28. The molecule has 0 saturated carbocycles. The number of urea groups is 1. The van der Waals surface area contributed by atoms with Crippen LogP contribution in [0, 0.1) is 0 Å². The summed E-state index contributed by atoms with van der Waals surface area (Å²) >= 11 is 0. The molecular weight excluding hydrogens is 334 g/mol. The zero-order valence-electron chi connectivity index (χ0n) is 14.7. The number of rotatable bonds is 6. The number of para-hydroxylation sites is 1. The Morgan fingerprint density at radius 3 is 2.65 bits per heavy atom. The first-order valence-electron chi connectivity index (χ1n) is 8.37. The largest absolute Gasteiger partial charge is 0.467 e. The van der Waals surface area contributed by atoms with Gasteiger partial charge in [0.2, 0.25) is 0 Å². The average molecular weight is 355 g/mol. The van der Waals surface area contributed by atoms with Gasteiger partial charge in [0.1, 0.15) is 11.8 Å². The van der Waals surface area contributed by atoms with Gasteiger partial charge in [-0.2, -0.15) is 0 Å². The maximum absolute atomic E-state index is 12.6. The van der Waals surface area contributed by atoms with E-state index in [1.165, 1.54) is 6.26 Å². The lowest BCUT2D eigenvalue weighted by Crippen LogP contribution is -2.48. The smallest absolute Gasteiger partial charge is 0.338 e. The zero-order chi connectivity index (χ0) is 18.5. The van der Waals surface area contributed by atoms with Crippen molar-refractivity contribution in [2.75, 3.05) is 25.1 Å². The molecule has 0 saturated heterocycles. The van der Waals surface area contributed by atoms with Gasteiger partial charge < -0.3 is 24.7 Å². The lowest BCUT2D eigenvalue weighted by atomic mass is 10.00. The van der Waals surface area contributed by atoms with Crippen molar-refractivity contribution in [2.45, 2.75) is 13.0 Å². The second-order valence-electron chi connectivity index (χ2n) is 5.85. The number of carbonyl (C=O) groups is 2. The van der Waals surface area contributed by atoms with E-state index < -0.39 is 18.0 Å². The third-order valence-electron chi connectivity index (χ3n) is 4.07. The summed E-state index contributed by atoms with van der Waals surface area (Å²) in [6.45, 7) is 2.32. The van der Waals surface area contributed by atoms with E-state index >= 15 is 0 Å². The summed E-state index contributed by atoms with van der Waals surface area (Å²) < 4.78 is 10.6. The Morgan fingerprint density at radius 2 is 2.00 bits per heavy atom. The summed E-state index contributed by atoms with van der Waals surface area (Å²) in [5, 5.41) is 5.47. The van der Waals surface area contributed by atoms with Gasteiger partial charge in [-0.3, -0.25) is 0 Å². The molecule has 3 rings (SSSR count). The van der Waals surface area contributed by atoms with Gasteiger partial charge >= 0.3 is 12.0 Å². The van der Waals surface area contributed by atoms with E-state index in [0.717, 1.165) is 5.69 Å². The van der Waals surface area contributed by atoms with Crippen LogP contribution in [0.15, 0.2) is 64.4 Å². The van der Waals surface area contributed by atoms with Gasteiger partial charge in [0.15, 0.2) is 0 Å². The number of hydrogen-bond acceptors (Lipinski definition) is 5. The Bertz CT molecular complexity index is 799. The fourth-order valence-electron chi connectivity index (χ4n) is 2.87. The maximum atomic E-state index is 12.6. The van der Waals surface area contributed by atoms with Gasteiger partial charge in [0.25, 0.3) is 0 Å². The zero-order valence-corrected chi connectivity index (χ0v) is 14.7. The second kappa shape index (κ2) is 7.77. The third kappa shape index (κ3) is 3.72. The van der Waals surface area contributed by atoms with Crippen molar-refractivity contribution in [3.05, 3.63) is 65.8 Å². The topological polar surface area (TPSA) is 83.8 Å². The van der Waals surface area contributed by atoms with Gasteiger partial charge in [0, 0.05) is 12.7 Å². The van der Waals surface area contributed by atoms with Gasteiger partial charge in [-0.05, 0) is 31.2 Å². The molecule has 136 valence electrons. The first-order valence-corrected chi connectivity index (χ1v) is 8.37. The van der Waals surface area contributed by atoms with E-state index in [2.05, 4.69) is 10.6 Å². The first kappa shape index (κ1) is 17.6. The number of carbonyl (C=O) groups excluding carboxylic acids is 2. The molecule has 1 aliphatic rings. The Hall–Kier alpha value is -3.22. The molecule has 2 N–H and O–H groups in total. The first-order chi connectivity index (χ1) is 12.6. The maximum Gasteiger partial charge on any atom is 0.338 e. The molecule has 1 atom stereocenters. The Labute approximate surface area is 151 Å². The molecular formula is C19H21N3O4.